The van der Waals surface area contributed by atoms with E-state index in [1.807, 2.05) is 6.07 Å². The van der Waals surface area contributed by atoms with Gasteiger partial charge in [-0.25, -0.2) is 4.39 Å². The number of nitrogens with zero attached hydrogens (tertiary/aromatic N) is 3. The first-order valence-corrected chi connectivity index (χ1v) is 7.15. The molecule has 1 aliphatic rings. The average Bonchev–Trinajstić information content (AvgIpc) is 2.89. The van der Waals surface area contributed by atoms with Gasteiger partial charge in [0.05, 0.1) is 6.54 Å². The zero-order chi connectivity index (χ0) is 13.1. The van der Waals surface area contributed by atoms with Crippen molar-refractivity contribution in [2.75, 3.05) is 26.2 Å². The maximum atomic E-state index is 13.7. The van der Waals surface area contributed by atoms with Crippen molar-refractivity contribution in [2.45, 2.75) is 6.54 Å². The van der Waals surface area contributed by atoms with Gasteiger partial charge in [0.25, 0.3) is 0 Å². The van der Waals surface area contributed by atoms with E-state index in [1.54, 1.807) is 12.1 Å². The van der Waals surface area contributed by atoms with Crippen molar-refractivity contribution in [1.29, 1.82) is 0 Å². The van der Waals surface area contributed by atoms with Gasteiger partial charge in [-0.05, 0) is 12.1 Å². The maximum Gasteiger partial charge on any atom is 0.150 e. The van der Waals surface area contributed by atoms with Crippen molar-refractivity contribution in [3.63, 3.8) is 0 Å². The van der Waals surface area contributed by atoms with E-state index in [9.17, 15) is 4.39 Å². The maximum absolute atomic E-state index is 13.7. The summed E-state index contributed by atoms with van der Waals surface area (Å²) >= 11 is 1.47. The smallest absolute Gasteiger partial charge is 0.150 e. The van der Waals surface area contributed by atoms with Crippen LogP contribution >= 0.6 is 11.3 Å². The molecule has 0 radical (unpaired) electrons. The molecular weight excluding hydrogens is 263 g/mol. The second-order valence-electron chi connectivity index (χ2n) is 4.51. The van der Waals surface area contributed by atoms with Crippen LogP contribution in [-0.2, 0) is 6.54 Å². The molecule has 0 spiro atoms. The van der Waals surface area contributed by atoms with E-state index in [1.165, 1.54) is 17.4 Å². The lowest BCUT2D eigenvalue weighted by atomic mass is 10.2. The number of halogens is 1. The number of piperazine rings is 1. The van der Waals surface area contributed by atoms with Crippen molar-refractivity contribution in [2.24, 2.45) is 0 Å². The van der Waals surface area contributed by atoms with Crippen LogP contribution in [0, 0.1) is 5.82 Å². The number of hydrogen-bond donors (Lipinski definition) is 1. The van der Waals surface area contributed by atoms with Gasteiger partial charge in [0.1, 0.15) is 10.8 Å². The zero-order valence-corrected chi connectivity index (χ0v) is 11.3. The minimum absolute atomic E-state index is 0.243. The Morgan fingerprint density at radius 3 is 2.79 bits per heavy atom. The Balaban J connectivity index is 1.74. The van der Waals surface area contributed by atoms with Crippen LogP contribution in [0.25, 0.3) is 10.6 Å². The van der Waals surface area contributed by atoms with E-state index in [0.29, 0.717) is 10.6 Å². The summed E-state index contributed by atoms with van der Waals surface area (Å²) in [4.78, 5) is 2.34. The molecule has 0 atom stereocenters. The highest BCUT2D eigenvalue weighted by molar-refractivity contribution is 7.14. The van der Waals surface area contributed by atoms with E-state index in [2.05, 4.69) is 20.4 Å². The molecule has 1 aromatic heterocycles. The van der Waals surface area contributed by atoms with E-state index < -0.39 is 0 Å². The van der Waals surface area contributed by atoms with Gasteiger partial charge in [-0.3, -0.25) is 4.90 Å². The van der Waals surface area contributed by atoms with Gasteiger partial charge in [0.15, 0.2) is 5.01 Å². The fourth-order valence-electron chi connectivity index (χ4n) is 2.12. The minimum Gasteiger partial charge on any atom is -0.314 e. The third-order valence-corrected chi connectivity index (χ3v) is 4.08. The Bertz CT molecular complexity index is 551. The Labute approximate surface area is 115 Å². The third kappa shape index (κ3) is 2.97. The van der Waals surface area contributed by atoms with Gasteiger partial charge < -0.3 is 5.32 Å². The summed E-state index contributed by atoms with van der Waals surface area (Å²) in [6.07, 6.45) is 0. The molecule has 100 valence electrons. The highest BCUT2D eigenvalue weighted by Crippen LogP contribution is 2.26. The number of hydrogen-bond acceptors (Lipinski definition) is 5. The van der Waals surface area contributed by atoms with Crippen molar-refractivity contribution in [3.05, 3.63) is 35.1 Å². The van der Waals surface area contributed by atoms with Crippen LogP contribution in [0.15, 0.2) is 24.3 Å². The number of aromatic nitrogens is 2. The first-order valence-electron chi connectivity index (χ1n) is 6.33. The van der Waals surface area contributed by atoms with E-state index in [0.717, 1.165) is 37.7 Å². The molecule has 1 saturated heterocycles. The van der Waals surface area contributed by atoms with Gasteiger partial charge in [0, 0.05) is 31.7 Å². The molecule has 1 N–H and O–H groups in total. The average molecular weight is 278 g/mol. The Hall–Kier alpha value is -1.37. The van der Waals surface area contributed by atoms with E-state index in [4.69, 9.17) is 0 Å². The van der Waals surface area contributed by atoms with Gasteiger partial charge in [0.2, 0.25) is 0 Å². The molecule has 3 rings (SSSR count). The molecule has 0 aliphatic carbocycles. The first kappa shape index (κ1) is 12.7. The van der Waals surface area contributed by atoms with E-state index >= 15 is 0 Å². The molecule has 2 heterocycles. The standard InChI is InChI=1S/C13H15FN4S/c14-11-4-2-1-3-10(11)13-17-16-12(19-13)9-18-7-5-15-6-8-18/h1-4,15H,5-9H2. The first-order chi connectivity index (χ1) is 9.33. The highest BCUT2D eigenvalue weighted by atomic mass is 32.1. The van der Waals surface area contributed by atoms with Crippen LogP contribution in [0.5, 0.6) is 0 Å². The molecule has 0 unspecified atom stereocenters. The number of nitrogens with one attached hydrogen (secondary N) is 1. The summed E-state index contributed by atoms with van der Waals surface area (Å²) in [7, 11) is 0. The van der Waals surface area contributed by atoms with E-state index in [-0.39, 0.29) is 5.82 Å². The van der Waals surface area contributed by atoms with Crippen LogP contribution in [-0.4, -0.2) is 41.3 Å². The fraction of sp³-hybridized carbons (Fsp3) is 0.385. The fourth-order valence-corrected chi connectivity index (χ4v) is 3.03. The molecule has 0 bridgehead atoms. The minimum atomic E-state index is -0.243. The predicted molar refractivity (Wildman–Crippen MR) is 73.4 cm³/mol. The van der Waals surface area contributed by atoms with Crippen molar-refractivity contribution >= 4 is 11.3 Å². The highest BCUT2D eigenvalue weighted by Gasteiger charge is 2.14. The summed E-state index contributed by atoms with van der Waals surface area (Å²) in [5.74, 6) is -0.243. The topological polar surface area (TPSA) is 41.1 Å². The van der Waals surface area contributed by atoms with Crippen molar-refractivity contribution in [1.82, 2.24) is 20.4 Å². The second kappa shape index (κ2) is 5.73. The molecule has 4 nitrogen and oxygen atoms in total. The van der Waals surface area contributed by atoms with Gasteiger partial charge in [-0.2, -0.15) is 0 Å². The Kier molecular flexibility index (Phi) is 3.82. The second-order valence-corrected chi connectivity index (χ2v) is 5.57. The molecule has 1 aromatic carbocycles. The third-order valence-electron chi connectivity index (χ3n) is 3.14. The van der Waals surface area contributed by atoms with Gasteiger partial charge >= 0.3 is 0 Å². The predicted octanol–water partition coefficient (Wildman–Crippen LogP) is 1.75. The van der Waals surface area contributed by atoms with Crippen LogP contribution in [0.4, 0.5) is 4.39 Å². The molecule has 1 fully saturated rings. The summed E-state index contributed by atoms with van der Waals surface area (Å²) in [5.41, 5.74) is 0.534. The summed E-state index contributed by atoms with van der Waals surface area (Å²) in [6.45, 7) is 4.87. The SMILES string of the molecule is Fc1ccccc1-c1nnc(CN2CCNCC2)s1. The Morgan fingerprint density at radius 2 is 2.00 bits per heavy atom. The lowest BCUT2D eigenvalue weighted by Gasteiger charge is -2.25. The van der Waals surface area contributed by atoms with Gasteiger partial charge in [-0.1, -0.05) is 23.5 Å². The molecule has 0 saturated carbocycles. The zero-order valence-electron chi connectivity index (χ0n) is 10.5. The van der Waals surface area contributed by atoms with Crippen LogP contribution in [0.1, 0.15) is 5.01 Å². The summed E-state index contributed by atoms with van der Waals surface area (Å²) in [5, 5.41) is 13.2. The van der Waals surface area contributed by atoms with Crippen molar-refractivity contribution in [3.8, 4) is 10.6 Å². The summed E-state index contributed by atoms with van der Waals surface area (Å²) in [6, 6.07) is 6.69. The summed E-state index contributed by atoms with van der Waals surface area (Å²) < 4.78 is 13.7. The van der Waals surface area contributed by atoms with Gasteiger partial charge in [-0.15, -0.1) is 10.2 Å². The van der Waals surface area contributed by atoms with Crippen LogP contribution in [0.3, 0.4) is 0 Å². The lowest BCUT2D eigenvalue weighted by molar-refractivity contribution is 0.232. The molecular formula is C13H15FN4S. The largest absolute Gasteiger partial charge is 0.314 e. The quantitative estimate of drug-likeness (QED) is 0.928. The number of benzene rings is 1. The molecule has 2 aromatic rings. The van der Waals surface area contributed by atoms with Crippen molar-refractivity contribution < 1.29 is 4.39 Å². The Morgan fingerprint density at radius 1 is 1.21 bits per heavy atom. The molecule has 1 aliphatic heterocycles. The molecule has 0 amide bonds. The van der Waals surface area contributed by atoms with Crippen LogP contribution < -0.4 is 5.32 Å². The normalized spacial score (nSPS) is 16.7. The number of rotatable bonds is 3. The van der Waals surface area contributed by atoms with Crippen LogP contribution in [0.2, 0.25) is 0 Å². The molecule has 19 heavy (non-hydrogen) atoms. The molecule has 6 heteroatoms. The monoisotopic (exact) mass is 278 g/mol. The lowest BCUT2D eigenvalue weighted by Crippen LogP contribution is -2.42.